The van der Waals surface area contributed by atoms with E-state index in [9.17, 15) is 14.6 Å². The minimum absolute atomic E-state index is 0.123. The van der Waals surface area contributed by atoms with Crippen molar-refractivity contribution in [1.82, 2.24) is 5.32 Å². The van der Waals surface area contributed by atoms with E-state index in [1.165, 1.54) is 0 Å². The van der Waals surface area contributed by atoms with Crippen molar-refractivity contribution in [2.45, 2.75) is 121 Å². The Morgan fingerprint density at radius 2 is 1.68 bits per heavy atom. The Hall–Kier alpha value is -1.87. The molecular weight excluding hydrogens is 593 g/mol. The highest BCUT2D eigenvalue weighted by atomic mass is 31.2. The van der Waals surface area contributed by atoms with Gasteiger partial charge in [-0.05, 0) is 62.1 Å². The highest BCUT2D eigenvalue weighted by Gasteiger charge is 2.42. The van der Waals surface area contributed by atoms with Crippen LogP contribution >= 0.6 is 7.37 Å². The topological polar surface area (TPSA) is 106 Å². The second-order valence-corrected chi connectivity index (χ2v) is 18.5. The van der Waals surface area contributed by atoms with Gasteiger partial charge in [-0.3, -0.25) is 4.57 Å². The minimum atomic E-state index is -3.31. The van der Waals surface area contributed by atoms with Crippen molar-refractivity contribution in [2.24, 2.45) is 0 Å². The van der Waals surface area contributed by atoms with Crippen molar-refractivity contribution in [3.8, 4) is 17.2 Å². The van der Waals surface area contributed by atoms with Crippen molar-refractivity contribution < 1.29 is 32.9 Å². The summed E-state index contributed by atoms with van der Waals surface area (Å²) in [5.41, 5.74) is 2.00. The summed E-state index contributed by atoms with van der Waals surface area (Å²) in [7, 11) is -5.52. The van der Waals surface area contributed by atoms with Gasteiger partial charge < -0.3 is 33.6 Å². The maximum absolute atomic E-state index is 12.7. The smallest absolute Gasteiger partial charge is 0.399 e. The third-order valence-electron chi connectivity index (χ3n) is 8.81. The first-order chi connectivity index (χ1) is 21.2. The zero-order chi connectivity index (χ0) is 31.4. The second kappa shape index (κ2) is 17.2. The summed E-state index contributed by atoms with van der Waals surface area (Å²) in [5, 5.41) is 14.0. The normalized spacial score (nSPS) is 19.3. The molecular formula is C34H54NO7PSi. The SMILES string of the molecule is CCCC[Si]1(CCCC)OCc2cc(OCC(O)CNC(C)Cc3ccc(OCP(=O)(O)C4CCCCC4)cc3)ccc2O1. The van der Waals surface area contributed by atoms with Gasteiger partial charge in [0.2, 0.25) is 7.37 Å². The molecule has 1 fully saturated rings. The minimum Gasteiger partial charge on any atom is -0.520 e. The first kappa shape index (κ1) is 35.0. The molecule has 1 heterocycles. The molecule has 0 radical (unpaired) electrons. The van der Waals surface area contributed by atoms with Gasteiger partial charge >= 0.3 is 8.56 Å². The van der Waals surface area contributed by atoms with E-state index in [4.69, 9.17) is 18.3 Å². The Kier molecular flexibility index (Phi) is 13.6. The maximum atomic E-state index is 12.7. The van der Waals surface area contributed by atoms with E-state index < -0.39 is 22.0 Å². The number of fused-ring (bicyclic) bond motifs is 1. The Morgan fingerprint density at radius 3 is 2.36 bits per heavy atom. The molecule has 3 unspecified atom stereocenters. The molecule has 10 heteroatoms. The second-order valence-electron chi connectivity index (χ2n) is 12.7. The van der Waals surface area contributed by atoms with Gasteiger partial charge in [0, 0.05) is 35.9 Å². The molecule has 2 aliphatic rings. The molecule has 1 aliphatic heterocycles. The van der Waals surface area contributed by atoms with Crippen LogP contribution in [0.5, 0.6) is 17.2 Å². The molecule has 44 heavy (non-hydrogen) atoms. The van der Waals surface area contributed by atoms with Gasteiger partial charge in [-0.15, -0.1) is 0 Å². The van der Waals surface area contributed by atoms with E-state index in [0.29, 0.717) is 24.7 Å². The van der Waals surface area contributed by atoms with Crippen molar-refractivity contribution in [2.75, 3.05) is 19.5 Å². The van der Waals surface area contributed by atoms with E-state index in [1.807, 2.05) is 42.5 Å². The number of hydrogen-bond acceptors (Lipinski definition) is 7. The number of ether oxygens (including phenoxy) is 2. The van der Waals surface area contributed by atoms with Crippen LogP contribution in [0, 0.1) is 0 Å². The van der Waals surface area contributed by atoms with Crippen LogP contribution in [0.1, 0.15) is 89.7 Å². The van der Waals surface area contributed by atoms with Crippen LogP contribution in [0.3, 0.4) is 0 Å². The largest absolute Gasteiger partial charge is 0.520 e. The average Bonchev–Trinajstić information content (AvgIpc) is 3.04. The van der Waals surface area contributed by atoms with Gasteiger partial charge in [-0.25, -0.2) is 0 Å². The first-order valence-corrected chi connectivity index (χ1v) is 20.9. The van der Waals surface area contributed by atoms with E-state index >= 15 is 0 Å². The fourth-order valence-electron chi connectivity index (χ4n) is 6.05. The molecule has 3 atom stereocenters. The van der Waals surface area contributed by atoms with Crippen LogP contribution in [0.2, 0.25) is 12.1 Å². The van der Waals surface area contributed by atoms with Gasteiger partial charge in [0.15, 0.2) is 6.35 Å². The molecule has 0 aromatic heterocycles. The Balaban J connectivity index is 1.17. The number of unbranched alkanes of at least 4 members (excludes halogenated alkanes) is 2. The molecule has 2 aromatic carbocycles. The predicted octanol–water partition coefficient (Wildman–Crippen LogP) is 7.54. The van der Waals surface area contributed by atoms with Crippen LogP contribution in [-0.4, -0.2) is 55.9 Å². The van der Waals surface area contributed by atoms with E-state index in [-0.39, 0.29) is 24.7 Å². The number of nitrogens with one attached hydrogen (secondary N) is 1. The van der Waals surface area contributed by atoms with Crippen LogP contribution in [0.15, 0.2) is 42.5 Å². The Morgan fingerprint density at radius 1 is 1.00 bits per heavy atom. The van der Waals surface area contributed by atoms with Gasteiger partial charge in [0.1, 0.15) is 30.0 Å². The molecule has 246 valence electrons. The van der Waals surface area contributed by atoms with Crippen molar-refractivity contribution in [3.05, 3.63) is 53.6 Å². The summed E-state index contributed by atoms with van der Waals surface area (Å²) < 4.78 is 37.3. The number of hydrogen-bond donors (Lipinski definition) is 3. The monoisotopic (exact) mass is 647 g/mol. The third kappa shape index (κ3) is 10.6. The van der Waals surface area contributed by atoms with Gasteiger partial charge in [0.05, 0.1) is 6.61 Å². The van der Waals surface area contributed by atoms with Gasteiger partial charge in [0.25, 0.3) is 0 Å². The predicted molar refractivity (Wildman–Crippen MR) is 178 cm³/mol. The summed E-state index contributed by atoms with van der Waals surface area (Å²) in [6.45, 7) is 7.66. The number of benzene rings is 2. The van der Waals surface area contributed by atoms with Gasteiger partial charge in [-0.2, -0.15) is 0 Å². The van der Waals surface area contributed by atoms with E-state index in [0.717, 1.165) is 93.2 Å². The lowest BCUT2D eigenvalue weighted by molar-refractivity contribution is 0.104. The summed E-state index contributed by atoms with van der Waals surface area (Å²) in [5.74, 6) is 2.24. The van der Waals surface area contributed by atoms with Crippen LogP contribution in [0.4, 0.5) is 0 Å². The summed E-state index contributed by atoms with van der Waals surface area (Å²) in [6, 6.07) is 15.8. The molecule has 0 spiro atoms. The molecule has 1 aliphatic carbocycles. The fraction of sp³-hybridized carbons (Fsp3) is 0.647. The zero-order valence-corrected chi connectivity index (χ0v) is 28.9. The average molecular weight is 648 g/mol. The standard InChI is InChI=1S/C34H54NO7PSi/c1-4-6-19-44(20-7-5-2)41-24-29-22-32(17-18-34(29)42-44)39-25-30(36)23-35-27(3)21-28-13-15-31(16-14-28)40-26-43(37,38)33-11-9-8-10-12-33/h13-18,22,27,30,33,35-36H,4-12,19-21,23-26H2,1-3H3,(H,37,38). The van der Waals surface area contributed by atoms with Crippen LogP contribution in [-0.2, 0) is 22.0 Å². The number of rotatable bonds is 18. The maximum Gasteiger partial charge on any atom is 0.399 e. The summed E-state index contributed by atoms with van der Waals surface area (Å²) in [4.78, 5) is 10.5. The quantitative estimate of drug-likeness (QED) is 0.113. The lowest BCUT2D eigenvalue weighted by atomic mass is 10.0. The third-order valence-corrected chi connectivity index (χ3v) is 14.5. The summed E-state index contributed by atoms with van der Waals surface area (Å²) >= 11 is 0. The lowest BCUT2D eigenvalue weighted by Crippen LogP contribution is -2.47. The number of aliphatic hydroxyl groups is 1. The van der Waals surface area contributed by atoms with Gasteiger partial charge in [-0.1, -0.05) is 70.9 Å². The molecule has 0 bridgehead atoms. The molecule has 1 saturated carbocycles. The van der Waals surface area contributed by atoms with Crippen molar-refractivity contribution >= 4 is 15.9 Å². The Labute approximate surface area is 265 Å². The molecule has 2 aromatic rings. The molecule has 0 saturated heterocycles. The highest BCUT2D eigenvalue weighted by Crippen LogP contribution is 2.51. The van der Waals surface area contributed by atoms with E-state index in [1.54, 1.807) is 0 Å². The molecule has 4 rings (SSSR count). The lowest BCUT2D eigenvalue weighted by Gasteiger charge is -2.36. The van der Waals surface area contributed by atoms with E-state index in [2.05, 4.69) is 26.1 Å². The Bertz CT molecular complexity index is 1180. The van der Waals surface area contributed by atoms with Crippen molar-refractivity contribution in [1.29, 1.82) is 0 Å². The fourth-order valence-corrected chi connectivity index (χ4v) is 11.4. The van der Waals surface area contributed by atoms with Crippen LogP contribution in [0.25, 0.3) is 0 Å². The highest BCUT2D eigenvalue weighted by molar-refractivity contribution is 7.58. The molecule has 8 nitrogen and oxygen atoms in total. The molecule has 3 N–H and O–H groups in total. The van der Waals surface area contributed by atoms with Crippen LogP contribution < -0.4 is 19.2 Å². The molecule has 0 amide bonds. The zero-order valence-electron chi connectivity index (χ0n) is 27.0. The first-order valence-electron chi connectivity index (χ1n) is 16.8. The van der Waals surface area contributed by atoms with Crippen molar-refractivity contribution in [3.63, 3.8) is 0 Å². The summed E-state index contributed by atoms with van der Waals surface area (Å²) in [6.07, 6.45) is 9.41. The number of aliphatic hydroxyl groups excluding tert-OH is 1.